The first-order chi connectivity index (χ1) is 40.0. The van der Waals surface area contributed by atoms with Crippen molar-refractivity contribution in [1.82, 2.24) is 0 Å². The molecular weight excluding hydrogens is 1040 g/mol. The Bertz CT molecular complexity index is 1570. The number of rotatable bonds is 65. The van der Waals surface area contributed by atoms with Crippen LogP contribution in [0, 0.1) is 0 Å². The van der Waals surface area contributed by atoms with Crippen LogP contribution >= 0.6 is 7.82 Å². The fourth-order valence-electron chi connectivity index (χ4n) is 10.2. The van der Waals surface area contributed by atoms with Crippen molar-refractivity contribution >= 4 is 19.8 Å². The van der Waals surface area contributed by atoms with Crippen LogP contribution in [0.1, 0.15) is 335 Å². The summed E-state index contributed by atoms with van der Waals surface area (Å²) >= 11 is 0. The van der Waals surface area contributed by atoms with Gasteiger partial charge >= 0.3 is 11.9 Å². The highest BCUT2D eigenvalue weighted by Crippen LogP contribution is 2.38. The lowest BCUT2D eigenvalue weighted by Crippen LogP contribution is -2.37. The summed E-state index contributed by atoms with van der Waals surface area (Å²) in [6.45, 7) is 4.15. The highest BCUT2D eigenvalue weighted by molar-refractivity contribution is 7.45. The highest BCUT2D eigenvalue weighted by Gasteiger charge is 2.22. The molecule has 82 heavy (non-hydrogen) atoms. The van der Waals surface area contributed by atoms with E-state index in [9.17, 15) is 19.0 Å². The lowest BCUT2D eigenvalue weighted by atomic mass is 10.0. The summed E-state index contributed by atoms with van der Waals surface area (Å²) in [5.74, 6) is -0.844. The number of hydrogen-bond acceptors (Lipinski definition) is 8. The molecule has 0 amide bonds. The van der Waals surface area contributed by atoms with Gasteiger partial charge in [0.05, 0.1) is 27.7 Å². The van der Waals surface area contributed by atoms with Gasteiger partial charge in [0.1, 0.15) is 19.8 Å². The fraction of sp³-hybridized carbons (Fsp3) is 0.833. The van der Waals surface area contributed by atoms with Gasteiger partial charge in [-0.05, 0) is 57.8 Å². The van der Waals surface area contributed by atoms with Crippen LogP contribution in [0.15, 0.2) is 60.8 Å². The number of hydrogen-bond donors (Lipinski definition) is 0. The Labute approximate surface area is 508 Å². The Morgan fingerprint density at radius 3 is 1.04 bits per heavy atom. The predicted octanol–water partition coefficient (Wildman–Crippen LogP) is 22.0. The summed E-state index contributed by atoms with van der Waals surface area (Å²) in [4.78, 5) is 38.0. The Kier molecular flexibility index (Phi) is 61.5. The third kappa shape index (κ3) is 66.8. The number of carbonyl (C=O) groups is 2. The quantitative estimate of drug-likeness (QED) is 0.0195. The first-order valence-electron chi connectivity index (χ1n) is 35.0. The maximum atomic E-state index is 12.8. The van der Waals surface area contributed by atoms with E-state index < -0.39 is 26.5 Å². The zero-order valence-corrected chi connectivity index (χ0v) is 55.6. The van der Waals surface area contributed by atoms with Crippen molar-refractivity contribution in [3.05, 3.63) is 60.8 Å². The monoisotopic (exact) mass is 1170 g/mol. The molecule has 0 aliphatic carbocycles. The molecular formula is C72H134NO8P. The molecule has 0 radical (unpaired) electrons. The predicted molar refractivity (Wildman–Crippen MR) is 351 cm³/mol. The zero-order chi connectivity index (χ0) is 59.8. The van der Waals surface area contributed by atoms with E-state index in [0.717, 1.165) is 83.5 Å². The van der Waals surface area contributed by atoms with E-state index >= 15 is 0 Å². The molecule has 0 rings (SSSR count). The van der Waals surface area contributed by atoms with Gasteiger partial charge in [0.25, 0.3) is 7.82 Å². The second-order valence-electron chi connectivity index (χ2n) is 24.9. The molecule has 0 bridgehead atoms. The van der Waals surface area contributed by atoms with E-state index in [0.29, 0.717) is 17.4 Å². The number of phosphoric ester groups is 1. The van der Waals surface area contributed by atoms with Gasteiger partial charge < -0.3 is 27.9 Å². The fourth-order valence-corrected chi connectivity index (χ4v) is 10.9. The molecule has 0 spiro atoms. The Hall–Kier alpha value is -2.29. The summed E-state index contributed by atoms with van der Waals surface area (Å²) in [5.41, 5.74) is 0. The smallest absolute Gasteiger partial charge is 0.306 e. The average molecular weight is 1170 g/mol. The first-order valence-corrected chi connectivity index (χ1v) is 36.5. The molecule has 10 heteroatoms. The van der Waals surface area contributed by atoms with Crippen molar-refractivity contribution in [3.8, 4) is 0 Å². The van der Waals surface area contributed by atoms with E-state index in [4.69, 9.17) is 18.5 Å². The first kappa shape index (κ1) is 79.7. The van der Waals surface area contributed by atoms with E-state index in [-0.39, 0.29) is 32.0 Å². The zero-order valence-electron chi connectivity index (χ0n) is 54.7. The van der Waals surface area contributed by atoms with Crippen molar-refractivity contribution in [3.63, 3.8) is 0 Å². The van der Waals surface area contributed by atoms with Crippen molar-refractivity contribution in [2.45, 2.75) is 341 Å². The second kappa shape index (κ2) is 63.2. The van der Waals surface area contributed by atoms with Crippen LogP contribution in [0.25, 0.3) is 0 Å². The van der Waals surface area contributed by atoms with E-state index in [1.54, 1.807) is 0 Å². The van der Waals surface area contributed by atoms with Crippen molar-refractivity contribution < 1.29 is 42.1 Å². The van der Waals surface area contributed by atoms with E-state index in [1.165, 1.54) is 218 Å². The summed E-state index contributed by atoms with van der Waals surface area (Å²) in [6, 6.07) is 0. The van der Waals surface area contributed by atoms with Gasteiger partial charge in [-0.25, -0.2) is 0 Å². The van der Waals surface area contributed by atoms with Crippen LogP contribution in [-0.2, 0) is 32.7 Å². The minimum atomic E-state index is -4.65. The molecule has 0 aliphatic rings. The number of unbranched alkanes of at least 4 members (excludes halogenated alkanes) is 41. The van der Waals surface area contributed by atoms with Crippen LogP contribution in [0.4, 0.5) is 0 Å². The minimum absolute atomic E-state index is 0.0359. The maximum absolute atomic E-state index is 12.8. The van der Waals surface area contributed by atoms with Crippen molar-refractivity contribution in [2.24, 2.45) is 0 Å². The van der Waals surface area contributed by atoms with Gasteiger partial charge in [-0.3, -0.25) is 14.2 Å². The number of nitrogens with zero attached hydrogens (tertiary/aromatic N) is 1. The van der Waals surface area contributed by atoms with Gasteiger partial charge in [-0.1, -0.05) is 325 Å². The average Bonchev–Trinajstić information content (AvgIpc) is 3.46. The number of phosphoric acid groups is 1. The third-order valence-electron chi connectivity index (χ3n) is 15.6. The molecule has 9 nitrogen and oxygen atoms in total. The standard InChI is InChI=1S/C72H134NO8P/c1-6-8-10-12-14-16-18-20-22-24-26-28-29-30-31-32-33-34-35-36-37-38-39-40-41-42-43-45-46-48-50-52-54-56-58-60-62-64-71(74)78-68-70(69-80-82(76,77)79-67-66-73(3,4)5)81-72(75)65-63-61-59-57-55-53-51-49-47-44-27-25-23-21-19-17-15-13-11-9-7-2/h9,11,15,17,21,23,27,44,49,51,70H,6-8,10,12-14,16,18-20,22,24-26,28-43,45-48,50,52-69H2,1-5H3/b11-9-,17-15-,23-21-,44-27-,51-49-. The van der Waals surface area contributed by atoms with Crippen LogP contribution in [0.5, 0.6) is 0 Å². The van der Waals surface area contributed by atoms with Crippen LogP contribution in [-0.4, -0.2) is 70.0 Å². The Morgan fingerprint density at radius 1 is 0.390 bits per heavy atom. The van der Waals surface area contributed by atoms with Gasteiger partial charge in [0.2, 0.25) is 0 Å². The molecule has 0 N–H and O–H groups in total. The number of quaternary nitrogens is 1. The Morgan fingerprint density at radius 2 is 0.695 bits per heavy atom. The summed E-state index contributed by atoms with van der Waals surface area (Å²) < 4.78 is 34.2. The van der Waals surface area contributed by atoms with Crippen molar-refractivity contribution in [2.75, 3.05) is 47.5 Å². The number of carbonyl (C=O) groups excluding carboxylic acids is 2. The topological polar surface area (TPSA) is 111 Å². The molecule has 480 valence electrons. The Balaban J connectivity index is 3.95. The van der Waals surface area contributed by atoms with Crippen molar-refractivity contribution in [1.29, 1.82) is 0 Å². The number of ether oxygens (including phenoxy) is 2. The van der Waals surface area contributed by atoms with Gasteiger partial charge in [-0.15, -0.1) is 0 Å². The lowest BCUT2D eigenvalue weighted by molar-refractivity contribution is -0.870. The summed E-state index contributed by atoms with van der Waals surface area (Å²) in [6.07, 6.45) is 83.3. The van der Waals surface area contributed by atoms with Crippen LogP contribution in [0.2, 0.25) is 0 Å². The van der Waals surface area contributed by atoms with Gasteiger partial charge in [-0.2, -0.15) is 0 Å². The van der Waals surface area contributed by atoms with Crippen LogP contribution in [0.3, 0.4) is 0 Å². The third-order valence-corrected chi connectivity index (χ3v) is 16.5. The molecule has 0 saturated carbocycles. The molecule has 0 aromatic rings. The molecule has 2 unspecified atom stereocenters. The van der Waals surface area contributed by atoms with E-state index in [1.807, 2.05) is 21.1 Å². The van der Waals surface area contributed by atoms with Gasteiger partial charge in [0, 0.05) is 12.8 Å². The normalized spacial score (nSPS) is 13.5. The number of esters is 2. The molecule has 2 atom stereocenters. The molecule has 0 heterocycles. The minimum Gasteiger partial charge on any atom is -0.756 e. The molecule has 0 aromatic carbocycles. The molecule has 0 aromatic heterocycles. The highest BCUT2D eigenvalue weighted by atomic mass is 31.2. The number of likely N-dealkylation sites (N-methyl/N-ethyl adjacent to an activating group) is 1. The van der Waals surface area contributed by atoms with Crippen LogP contribution < -0.4 is 4.89 Å². The largest absolute Gasteiger partial charge is 0.756 e. The SMILES string of the molecule is CC/C=C\C/C=C\C/C=C\C/C=C\C/C=C\CCCCCCCC(=O)OC(COC(=O)CCCCCCCCCCCCCCCCCCCCCCCCCCCCCCCCCCCCCCC)COP(=O)([O-])OCC[N+](C)(C)C. The lowest BCUT2D eigenvalue weighted by Gasteiger charge is -2.28. The molecule has 0 aliphatic heterocycles. The number of allylic oxidation sites excluding steroid dienone is 10. The second-order valence-corrected chi connectivity index (χ2v) is 26.3. The maximum Gasteiger partial charge on any atom is 0.306 e. The summed E-state index contributed by atoms with van der Waals surface area (Å²) in [5, 5.41) is 0. The van der Waals surface area contributed by atoms with Gasteiger partial charge in [0.15, 0.2) is 6.10 Å². The summed E-state index contributed by atoms with van der Waals surface area (Å²) in [7, 11) is 1.16. The molecule has 0 fully saturated rings. The van der Waals surface area contributed by atoms with E-state index in [2.05, 4.69) is 74.6 Å². The molecule has 0 saturated heterocycles.